The maximum Gasteiger partial charge on any atom is 0.191 e. The highest BCUT2D eigenvalue weighted by Crippen LogP contribution is 1.90. The number of hydrogen-bond donors (Lipinski definition) is 2. The molecule has 0 spiro atoms. The van der Waals surface area contributed by atoms with E-state index in [1.165, 1.54) is 0 Å². The van der Waals surface area contributed by atoms with E-state index >= 15 is 0 Å². The number of guanidine groups is 1. The van der Waals surface area contributed by atoms with Crippen LogP contribution in [-0.2, 0) is 6.54 Å². The fraction of sp³-hybridized carbons (Fsp3) is 0.583. The van der Waals surface area contributed by atoms with Crippen molar-refractivity contribution in [2.75, 3.05) is 31.6 Å². The first-order valence-corrected chi connectivity index (χ1v) is 7.38. The van der Waals surface area contributed by atoms with Crippen LogP contribution in [0.4, 0.5) is 0 Å². The van der Waals surface area contributed by atoms with Gasteiger partial charge in [0, 0.05) is 37.8 Å². The summed E-state index contributed by atoms with van der Waals surface area (Å²) in [5, 5.41) is 6.57. The van der Waals surface area contributed by atoms with Crippen molar-refractivity contribution in [2.45, 2.75) is 13.5 Å². The quantitative estimate of drug-likeness (QED) is 0.328. The van der Waals surface area contributed by atoms with Crippen LogP contribution < -0.4 is 10.6 Å². The number of nitrogens with one attached hydrogen (secondary N) is 2. The molecule has 0 aromatic carbocycles. The Morgan fingerprint density at radius 3 is 2.61 bits per heavy atom. The van der Waals surface area contributed by atoms with Gasteiger partial charge in [-0.3, -0.25) is 4.99 Å². The van der Waals surface area contributed by atoms with E-state index in [-0.39, 0.29) is 24.0 Å². The third-order valence-corrected chi connectivity index (χ3v) is 2.83. The molecule has 0 saturated heterocycles. The summed E-state index contributed by atoms with van der Waals surface area (Å²) in [6.07, 6.45) is 6.24. The highest BCUT2D eigenvalue weighted by molar-refractivity contribution is 14.0. The number of rotatable bonds is 7. The molecule has 4 nitrogen and oxygen atoms in total. The molecule has 104 valence electrons. The van der Waals surface area contributed by atoms with Gasteiger partial charge in [0.15, 0.2) is 5.96 Å². The Labute approximate surface area is 131 Å². The van der Waals surface area contributed by atoms with Gasteiger partial charge in [0.1, 0.15) is 0 Å². The number of nitrogens with zero attached hydrogens (tertiary/aromatic N) is 2. The van der Waals surface area contributed by atoms with Crippen molar-refractivity contribution in [1.29, 1.82) is 0 Å². The first-order chi connectivity index (χ1) is 8.36. The van der Waals surface area contributed by atoms with E-state index < -0.39 is 0 Å². The third-order valence-electron chi connectivity index (χ3n) is 2.24. The van der Waals surface area contributed by atoms with Crippen molar-refractivity contribution < 1.29 is 0 Å². The summed E-state index contributed by atoms with van der Waals surface area (Å²) < 4.78 is 2.15. The van der Waals surface area contributed by atoms with Crippen molar-refractivity contribution in [2.24, 2.45) is 4.99 Å². The number of hydrogen-bond acceptors (Lipinski definition) is 2. The van der Waals surface area contributed by atoms with Crippen LogP contribution in [0.2, 0.25) is 0 Å². The highest BCUT2D eigenvalue weighted by Gasteiger charge is 1.95. The van der Waals surface area contributed by atoms with Crippen LogP contribution >= 0.6 is 35.7 Å². The fourth-order valence-electron chi connectivity index (χ4n) is 1.41. The van der Waals surface area contributed by atoms with E-state index in [1.807, 2.05) is 23.9 Å². The number of aromatic nitrogens is 1. The van der Waals surface area contributed by atoms with Gasteiger partial charge in [-0.05, 0) is 25.3 Å². The molecule has 1 aromatic rings. The molecule has 0 fully saturated rings. The first kappa shape index (κ1) is 17.6. The predicted octanol–water partition coefficient (Wildman–Crippen LogP) is 2.02. The van der Waals surface area contributed by atoms with Crippen molar-refractivity contribution in [3.05, 3.63) is 24.5 Å². The Hall–Kier alpha value is -0.370. The summed E-state index contributed by atoms with van der Waals surface area (Å²) >= 11 is 1.82. The maximum absolute atomic E-state index is 4.49. The molecule has 0 bridgehead atoms. The van der Waals surface area contributed by atoms with E-state index in [9.17, 15) is 0 Å². The second-order valence-corrected chi connectivity index (χ2v) is 4.59. The van der Waals surface area contributed by atoms with Gasteiger partial charge in [0.2, 0.25) is 0 Å². The zero-order valence-electron chi connectivity index (χ0n) is 11.1. The van der Waals surface area contributed by atoms with E-state index in [1.54, 1.807) is 0 Å². The van der Waals surface area contributed by atoms with Crippen molar-refractivity contribution in [3.8, 4) is 0 Å². The van der Waals surface area contributed by atoms with Crippen molar-refractivity contribution >= 4 is 41.7 Å². The number of aliphatic imine (C=N–C) groups is 1. The molecule has 0 saturated carbocycles. The lowest BCUT2D eigenvalue weighted by atomic mass is 10.6. The molecule has 0 radical (unpaired) electrons. The van der Waals surface area contributed by atoms with Crippen LogP contribution in [0.3, 0.4) is 0 Å². The highest BCUT2D eigenvalue weighted by atomic mass is 127. The summed E-state index contributed by atoms with van der Waals surface area (Å²) in [6, 6.07) is 4.08. The van der Waals surface area contributed by atoms with E-state index in [0.29, 0.717) is 0 Å². The van der Waals surface area contributed by atoms with Gasteiger partial charge in [-0.2, -0.15) is 11.8 Å². The SMILES string of the molecule is CCNC(=NCCSC)NCCn1cccc1.I. The van der Waals surface area contributed by atoms with Crippen molar-refractivity contribution in [3.63, 3.8) is 0 Å². The van der Waals surface area contributed by atoms with Crippen LogP contribution in [0.15, 0.2) is 29.5 Å². The van der Waals surface area contributed by atoms with Crippen LogP contribution in [-0.4, -0.2) is 42.2 Å². The maximum atomic E-state index is 4.49. The zero-order chi connectivity index (χ0) is 12.3. The van der Waals surface area contributed by atoms with Crippen LogP contribution in [0.5, 0.6) is 0 Å². The summed E-state index contributed by atoms with van der Waals surface area (Å²) in [7, 11) is 0. The van der Waals surface area contributed by atoms with Crippen LogP contribution in [0.1, 0.15) is 6.92 Å². The number of thioether (sulfide) groups is 1. The third kappa shape index (κ3) is 7.86. The Morgan fingerprint density at radius 2 is 2.00 bits per heavy atom. The molecule has 2 N–H and O–H groups in total. The molecular weight excluding hydrogens is 359 g/mol. The van der Waals surface area contributed by atoms with Crippen LogP contribution in [0, 0.1) is 0 Å². The van der Waals surface area contributed by atoms with Gasteiger partial charge in [-0.15, -0.1) is 24.0 Å². The van der Waals surface area contributed by atoms with Gasteiger partial charge in [-0.1, -0.05) is 0 Å². The Bertz CT molecular complexity index is 314. The van der Waals surface area contributed by atoms with Gasteiger partial charge in [0.25, 0.3) is 0 Å². The minimum Gasteiger partial charge on any atom is -0.357 e. The summed E-state index contributed by atoms with van der Waals surface area (Å²) in [4.78, 5) is 4.49. The van der Waals surface area contributed by atoms with Crippen molar-refractivity contribution in [1.82, 2.24) is 15.2 Å². The largest absolute Gasteiger partial charge is 0.357 e. The average Bonchev–Trinajstić information content (AvgIpc) is 2.82. The molecular formula is C12H23IN4S. The molecule has 18 heavy (non-hydrogen) atoms. The van der Waals surface area contributed by atoms with E-state index in [4.69, 9.17) is 0 Å². The minimum absolute atomic E-state index is 0. The molecule has 0 amide bonds. The summed E-state index contributed by atoms with van der Waals surface area (Å²) in [6.45, 7) is 5.69. The van der Waals surface area contributed by atoms with Gasteiger partial charge >= 0.3 is 0 Å². The molecule has 1 rings (SSSR count). The smallest absolute Gasteiger partial charge is 0.191 e. The molecule has 0 unspecified atom stereocenters. The Balaban J connectivity index is 0.00000289. The van der Waals surface area contributed by atoms with Gasteiger partial charge in [-0.25, -0.2) is 0 Å². The second kappa shape index (κ2) is 11.7. The minimum atomic E-state index is 0. The summed E-state index contributed by atoms with van der Waals surface area (Å²) in [5.41, 5.74) is 0. The molecule has 0 aliphatic rings. The van der Waals surface area contributed by atoms with E-state index in [2.05, 4.69) is 45.8 Å². The Morgan fingerprint density at radius 1 is 1.28 bits per heavy atom. The van der Waals surface area contributed by atoms with Gasteiger partial charge in [0.05, 0.1) is 6.54 Å². The first-order valence-electron chi connectivity index (χ1n) is 5.98. The lowest BCUT2D eigenvalue weighted by Crippen LogP contribution is -2.39. The molecule has 1 aromatic heterocycles. The molecule has 6 heteroatoms. The zero-order valence-corrected chi connectivity index (χ0v) is 14.2. The normalized spacial score (nSPS) is 10.9. The molecule has 1 heterocycles. The Kier molecular flexibility index (Phi) is 11.5. The van der Waals surface area contributed by atoms with Crippen LogP contribution in [0.25, 0.3) is 0 Å². The standard InChI is InChI=1S/C12H22N4S.HI/c1-3-13-12(15-7-11-17-2)14-6-10-16-8-4-5-9-16;/h4-5,8-9H,3,6-7,10-11H2,1-2H3,(H2,13,14,15);1H. The lowest BCUT2D eigenvalue weighted by Gasteiger charge is -2.11. The monoisotopic (exact) mass is 382 g/mol. The number of halogens is 1. The van der Waals surface area contributed by atoms with Gasteiger partial charge < -0.3 is 15.2 Å². The average molecular weight is 382 g/mol. The fourth-order valence-corrected chi connectivity index (χ4v) is 1.69. The lowest BCUT2D eigenvalue weighted by molar-refractivity contribution is 0.666. The second-order valence-electron chi connectivity index (χ2n) is 3.60. The van der Waals surface area contributed by atoms with E-state index in [0.717, 1.165) is 37.9 Å². The molecule has 0 aliphatic carbocycles. The topological polar surface area (TPSA) is 41.4 Å². The molecule has 0 aliphatic heterocycles. The molecule has 0 atom stereocenters. The predicted molar refractivity (Wildman–Crippen MR) is 92.2 cm³/mol. The summed E-state index contributed by atoms with van der Waals surface area (Å²) in [5.74, 6) is 1.97.